The van der Waals surface area contributed by atoms with Gasteiger partial charge in [0.05, 0.1) is 16.4 Å². The molecule has 0 unspecified atom stereocenters. The maximum atomic E-state index is 9.00. The van der Waals surface area contributed by atoms with Crippen LogP contribution in [-0.4, -0.2) is 17.8 Å². The summed E-state index contributed by atoms with van der Waals surface area (Å²) in [4.78, 5) is 2.19. The van der Waals surface area contributed by atoms with Gasteiger partial charge in [0.15, 0.2) is 0 Å². The summed E-state index contributed by atoms with van der Waals surface area (Å²) in [5.74, 6) is 2.37. The van der Waals surface area contributed by atoms with Crippen LogP contribution in [0.4, 0.5) is 0 Å². The van der Waals surface area contributed by atoms with Crippen molar-refractivity contribution in [1.29, 1.82) is 0 Å². The largest absolute Gasteiger partial charge is 0.488 e. The van der Waals surface area contributed by atoms with E-state index in [1.807, 2.05) is 49.4 Å². The third-order valence-electron chi connectivity index (χ3n) is 2.80. The van der Waals surface area contributed by atoms with E-state index in [1.165, 1.54) is 0 Å². The Morgan fingerprint density at radius 1 is 1.16 bits per heavy atom. The van der Waals surface area contributed by atoms with Gasteiger partial charge >= 0.3 is 0 Å². The van der Waals surface area contributed by atoms with Crippen molar-refractivity contribution in [3.63, 3.8) is 0 Å². The first-order valence-corrected chi connectivity index (χ1v) is 6.94. The van der Waals surface area contributed by atoms with E-state index in [9.17, 15) is 0 Å². The number of hydrogen-bond acceptors (Lipinski definition) is 4. The van der Waals surface area contributed by atoms with Crippen molar-refractivity contribution >= 4 is 11.8 Å². The molecule has 1 aliphatic heterocycles. The highest BCUT2D eigenvalue weighted by Crippen LogP contribution is 2.47. The number of ether oxygens (including phenoxy) is 2. The molecule has 1 aliphatic rings. The standard InChI is InChI=1S/C15H14O3S/c1-10(9-16)17-11-6-7-15-13(8-11)18-12-4-2-3-5-14(12)19-15/h2-8,10,16H,9H2,1H3/t10-/m0/s1. The molecule has 2 aromatic carbocycles. The molecular weight excluding hydrogens is 260 g/mol. The molecular formula is C15H14O3S. The molecule has 1 N–H and O–H groups in total. The van der Waals surface area contributed by atoms with Crippen molar-refractivity contribution in [3.05, 3.63) is 42.5 Å². The predicted octanol–water partition coefficient (Wildman–Crippen LogP) is 3.70. The fourth-order valence-corrected chi connectivity index (χ4v) is 2.78. The van der Waals surface area contributed by atoms with Crippen LogP contribution in [0.25, 0.3) is 0 Å². The molecule has 0 radical (unpaired) electrons. The Labute approximate surface area is 116 Å². The minimum atomic E-state index is -0.221. The van der Waals surface area contributed by atoms with Crippen LogP contribution in [0.2, 0.25) is 0 Å². The van der Waals surface area contributed by atoms with Crippen LogP contribution in [0, 0.1) is 0 Å². The number of para-hydroxylation sites is 1. The van der Waals surface area contributed by atoms with Crippen molar-refractivity contribution in [2.75, 3.05) is 6.61 Å². The molecule has 3 nitrogen and oxygen atoms in total. The molecule has 0 saturated heterocycles. The van der Waals surface area contributed by atoms with Gasteiger partial charge in [0.1, 0.15) is 23.4 Å². The smallest absolute Gasteiger partial charge is 0.145 e. The Bertz CT molecular complexity index is 598. The van der Waals surface area contributed by atoms with Gasteiger partial charge in [0.25, 0.3) is 0 Å². The Balaban J connectivity index is 1.87. The van der Waals surface area contributed by atoms with Crippen molar-refractivity contribution < 1.29 is 14.6 Å². The van der Waals surface area contributed by atoms with Crippen LogP contribution in [0.3, 0.4) is 0 Å². The minimum absolute atomic E-state index is 0.00444. The Kier molecular flexibility index (Phi) is 3.36. The summed E-state index contributed by atoms with van der Waals surface area (Å²) in [7, 11) is 0. The zero-order chi connectivity index (χ0) is 13.2. The molecule has 0 amide bonds. The van der Waals surface area contributed by atoms with Gasteiger partial charge in [0.2, 0.25) is 0 Å². The highest BCUT2D eigenvalue weighted by atomic mass is 32.2. The van der Waals surface area contributed by atoms with Gasteiger partial charge < -0.3 is 14.6 Å². The number of aliphatic hydroxyl groups excluding tert-OH is 1. The Morgan fingerprint density at radius 3 is 2.79 bits per heavy atom. The second kappa shape index (κ2) is 5.15. The number of aliphatic hydroxyl groups is 1. The molecule has 1 heterocycles. The molecule has 0 spiro atoms. The Morgan fingerprint density at radius 2 is 1.95 bits per heavy atom. The second-order valence-corrected chi connectivity index (χ2v) is 5.45. The predicted molar refractivity (Wildman–Crippen MR) is 74.3 cm³/mol. The highest BCUT2D eigenvalue weighted by Gasteiger charge is 2.18. The fourth-order valence-electron chi connectivity index (χ4n) is 1.85. The quantitative estimate of drug-likeness (QED) is 0.790. The summed E-state index contributed by atoms with van der Waals surface area (Å²) in [6, 6.07) is 13.7. The molecule has 1 atom stereocenters. The van der Waals surface area contributed by atoms with Gasteiger partial charge in [-0.25, -0.2) is 0 Å². The van der Waals surface area contributed by atoms with Gasteiger partial charge in [-0.05, 0) is 31.2 Å². The van der Waals surface area contributed by atoms with Gasteiger partial charge in [-0.1, -0.05) is 23.9 Å². The van der Waals surface area contributed by atoms with Gasteiger partial charge in [-0.2, -0.15) is 0 Å². The molecule has 98 valence electrons. The number of rotatable bonds is 3. The summed E-state index contributed by atoms with van der Waals surface area (Å²) in [5.41, 5.74) is 0. The fraction of sp³-hybridized carbons (Fsp3) is 0.200. The highest BCUT2D eigenvalue weighted by molar-refractivity contribution is 7.99. The summed E-state index contributed by atoms with van der Waals surface area (Å²) in [5, 5.41) is 9.00. The second-order valence-electron chi connectivity index (χ2n) is 4.37. The summed E-state index contributed by atoms with van der Waals surface area (Å²) in [6.07, 6.45) is -0.221. The van der Waals surface area contributed by atoms with Gasteiger partial charge in [-0.3, -0.25) is 0 Å². The number of hydrogen-bond donors (Lipinski definition) is 1. The van der Waals surface area contributed by atoms with Crippen LogP contribution in [0.5, 0.6) is 17.2 Å². The van der Waals surface area contributed by atoms with Gasteiger partial charge in [-0.15, -0.1) is 0 Å². The zero-order valence-corrected chi connectivity index (χ0v) is 11.3. The van der Waals surface area contributed by atoms with Crippen LogP contribution < -0.4 is 9.47 Å². The van der Waals surface area contributed by atoms with Gasteiger partial charge in [0, 0.05) is 6.07 Å². The topological polar surface area (TPSA) is 38.7 Å². The summed E-state index contributed by atoms with van der Waals surface area (Å²) in [6.45, 7) is 1.82. The first kappa shape index (κ1) is 12.4. The lowest BCUT2D eigenvalue weighted by molar-refractivity contribution is 0.129. The van der Waals surface area contributed by atoms with Crippen molar-refractivity contribution in [1.82, 2.24) is 0 Å². The SMILES string of the molecule is C[C@@H](CO)Oc1ccc2c(c1)Oc1ccccc1S2. The van der Waals surface area contributed by atoms with E-state index < -0.39 is 0 Å². The molecule has 0 bridgehead atoms. The third-order valence-corrected chi connectivity index (χ3v) is 3.91. The maximum absolute atomic E-state index is 9.00. The average molecular weight is 274 g/mol. The first-order valence-electron chi connectivity index (χ1n) is 6.12. The molecule has 4 heteroatoms. The van der Waals surface area contributed by atoms with E-state index in [0.717, 1.165) is 21.3 Å². The normalized spacial score (nSPS) is 14.0. The van der Waals surface area contributed by atoms with Crippen molar-refractivity contribution in [3.8, 4) is 17.2 Å². The van der Waals surface area contributed by atoms with Crippen LogP contribution in [0.1, 0.15) is 6.92 Å². The van der Waals surface area contributed by atoms with E-state index >= 15 is 0 Å². The maximum Gasteiger partial charge on any atom is 0.145 e. The van der Waals surface area contributed by atoms with E-state index in [2.05, 4.69) is 0 Å². The van der Waals surface area contributed by atoms with Crippen LogP contribution >= 0.6 is 11.8 Å². The number of benzene rings is 2. The molecule has 0 fully saturated rings. The minimum Gasteiger partial charge on any atom is -0.488 e. The summed E-state index contributed by atoms with van der Waals surface area (Å²) >= 11 is 1.69. The van der Waals surface area contributed by atoms with Crippen molar-refractivity contribution in [2.24, 2.45) is 0 Å². The van der Waals surface area contributed by atoms with E-state index in [-0.39, 0.29) is 12.7 Å². The lowest BCUT2D eigenvalue weighted by Gasteiger charge is -2.20. The van der Waals surface area contributed by atoms with Crippen molar-refractivity contribution in [2.45, 2.75) is 22.8 Å². The Hall–Kier alpha value is -1.65. The van der Waals surface area contributed by atoms with E-state index in [0.29, 0.717) is 5.75 Å². The van der Waals surface area contributed by atoms with E-state index in [1.54, 1.807) is 11.8 Å². The monoisotopic (exact) mass is 274 g/mol. The summed E-state index contributed by atoms with van der Waals surface area (Å²) < 4.78 is 11.4. The van der Waals surface area contributed by atoms with Crippen LogP contribution in [0.15, 0.2) is 52.3 Å². The van der Waals surface area contributed by atoms with E-state index in [4.69, 9.17) is 14.6 Å². The van der Waals surface area contributed by atoms with Crippen LogP contribution in [-0.2, 0) is 0 Å². The lowest BCUT2D eigenvalue weighted by atomic mass is 10.3. The molecule has 0 aromatic heterocycles. The third kappa shape index (κ3) is 2.55. The zero-order valence-electron chi connectivity index (χ0n) is 10.5. The molecule has 3 rings (SSSR count). The number of fused-ring (bicyclic) bond motifs is 2. The molecule has 19 heavy (non-hydrogen) atoms. The molecule has 2 aromatic rings. The lowest BCUT2D eigenvalue weighted by Crippen LogP contribution is -2.16. The average Bonchev–Trinajstić information content (AvgIpc) is 2.45. The first-order chi connectivity index (χ1) is 9.26. The molecule has 0 aliphatic carbocycles. The molecule has 0 saturated carbocycles.